The lowest BCUT2D eigenvalue weighted by atomic mass is 10.2. The number of rotatable bonds is 2. The molecule has 0 aliphatic heterocycles. The topological polar surface area (TPSA) is 34.2 Å². The maximum Gasteiger partial charge on any atom is 0.191 e. The van der Waals surface area contributed by atoms with Crippen LogP contribution in [0.3, 0.4) is 0 Å². The number of benzene rings is 1. The molecule has 0 amide bonds. The number of methoxy groups -OCH3 is 2. The molecule has 0 saturated heterocycles. The van der Waals surface area contributed by atoms with Crippen molar-refractivity contribution in [1.29, 1.82) is 0 Å². The first kappa shape index (κ1) is 7.98. The lowest BCUT2D eigenvalue weighted by Gasteiger charge is -1.98. The van der Waals surface area contributed by atoms with E-state index < -0.39 is 0 Å². The molecule has 0 aliphatic carbocycles. The Labute approximate surface area is 76.3 Å². The van der Waals surface area contributed by atoms with Crippen LogP contribution in [-0.4, -0.2) is 19.2 Å². The number of hydrogen-bond acceptors (Lipinski definition) is 2. The van der Waals surface area contributed by atoms with Gasteiger partial charge in [-0.3, -0.25) is 0 Å². The Balaban J connectivity index is 2.67. The Morgan fingerprint density at radius 2 is 2.00 bits per heavy atom. The zero-order valence-electron chi connectivity index (χ0n) is 7.63. The molecule has 0 atom stereocenters. The number of aromatic amines is 1. The smallest absolute Gasteiger partial charge is 0.191 e. The summed E-state index contributed by atoms with van der Waals surface area (Å²) in [5.41, 5.74) is 1.02. The molecule has 2 aromatic rings. The first-order valence-corrected chi connectivity index (χ1v) is 4.05. The normalized spacial score (nSPS) is 10.3. The summed E-state index contributed by atoms with van der Waals surface area (Å²) in [5.74, 6) is 1.61. The number of hydrogen-bond donors (Lipinski definition) is 1. The molecule has 0 fully saturated rings. The molecular formula is C10H11NO2. The fourth-order valence-electron chi connectivity index (χ4n) is 1.39. The molecule has 1 N–H and O–H groups in total. The van der Waals surface area contributed by atoms with Crippen LogP contribution >= 0.6 is 0 Å². The zero-order chi connectivity index (χ0) is 9.26. The van der Waals surface area contributed by atoms with Crippen molar-refractivity contribution in [2.24, 2.45) is 0 Å². The minimum Gasteiger partial charge on any atom is -0.496 e. The van der Waals surface area contributed by atoms with Gasteiger partial charge in [-0.1, -0.05) is 6.07 Å². The summed E-state index contributed by atoms with van der Waals surface area (Å²) in [6, 6.07) is 7.78. The van der Waals surface area contributed by atoms with E-state index in [1.165, 1.54) is 0 Å². The predicted molar refractivity (Wildman–Crippen MR) is 51.4 cm³/mol. The van der Waals surface area contributed by atoms with E-state index in [9.17, 15) is 0 Å². The number of nitrogens with one attached hydrogen (secondary N) is 1. The third kappa shape index (κ3) is 1.22. The summed E-state index contributed by atoms with van der Waals surface area (Å²) in [7, 11) is 3.30. The molecule has 3 heteroatoms. The average Bonchev–Trinajstić information content (AvgIpc) is 2.59. The van der Waals surface area contributed by atoms with Crippen molar-refractivity contribution in [2.75, 3.05) is 14.2 Å². The van der Waals surface area contributed by atoms with E-state index >= 15 is 0 Å². The third-order valence-electron chi connectivity index (χ3n) is 2.04. The van der Waals surface area contributed by atoms with Crippen molar-refractivity contribution in [3.05, 3.63) is 24.3 Å². The molecule has 0 bridgehead atoms. The van der Waals surface area contributed by atoms with Crippen LogP contribution < -0.4 is 9.47 Å². The second kappa shape index (κ2) is 3.01. The van der Waals surface area contributed by atoms with Gasteiger partial charge in [0.05, 0.1) is 19.7 Å². The fraction of sp³-hybridized carbons (Fsp3) is 0.200. The van der Waals surface area contributed by atoms with E-state index in [-0.39, 0.29) is 0 Å². The Morgan fingerprint density at radius 1 is 1.15 bits per heavy atom. The summed E-state index contributed by atoms with van der Waals surface area (Å²) < 4.78 is 10.3. The van der Waals surface area contributed by atoms with Crippen LogP contribution in [0.4, 0.5) is 0 Å². The standard InChI is InChI=1S/C10H11NO2/c1-12-9-5-3-4-8-7(9)6-10(11-8)13-2/h3-6,11H,1-2H3. The van der Waals surface area contributed by atoms with Gasteiger partial charge in [0.1, 0.15) is 5.75 Å². The van der Waals surface area contributed by atoms with E-state index in [1.807, 2.05) is 24.3 Å². The van der Waals surface area contributed by atoms with Crippen molar-refractivity contribution >= 4 is 10.9 Å². The highest BCUT2D eigenvalue weighted by atomic mass is 16.5. The molecular weight excluding hydrogens is 166 g/mol. The first-order valence-electron chi connectivity index (χ1n) is 4.05. The summed E-state index contributed by atoms with van der Waals surface area (Å²) >= 11 is 0. The van der Waals surface area contributed by atoms with E-state index in [1.54, 1.807) is 14.2 Å². The second-order valence-electron chi connectivity index (χ2n) is 2.76. The van der Waals surface area contributed by atoms with Crippen LogP contribution in [0.25, 0.3) is 10.9 Å². The number of fused-ring (bicyclic) bond motifs is 1. The van der Waals surface area contributed by atoms with Gasteiger partial charge in [-0.25, -0.2) is 0 Å². The molecule has 0 saturated carbocycles. The third-order valence-corrected chi connectivity index (χ3v) is 2.04. The highest BCUT2D eigenvalue weighted by Gasteiger charge is 2.04. The largest absolute Gasteiger partial charge is 0.496 e. The second-order valence-corrected chi connectivity index (χ2v) is 2.76. The van der Waals surface area contributed by atoms with Gasteiger partial charge < -0.3 is 14.5 Å². The van der Waals surface area contributed by atoms with E-state index in [4.69, 9.17) is 9.47 Å². The molecule has 13 heavy (non-hydrogen) atoms. The lowest BCUT2D eigenvalue weighted by Crippen LogP contribution is -1.81. The van der Waals surface area contributed by atoms with Crippen molar-refractivity contribution in [3.63, 3.8) is 0 Å². The van der Waals surface area contributed by atoms with Gasteiger partial charge in [-0.2, -0.15) is 0 Å². The van der Waals surface area contributed by atoms with Crippen LogP contribution in [0, 0.1) is 0 Å². The van der Waals surface area contributed by atoms with Crippen LogP contribution in [0.15, 0.2) is 24.3 Å². The van der Waals surface area contributed by atoms with E-state index in [2.05, 4.69) is 4.98 Å². The van der Waals surface area contributed by atoms with Gasteiger partial charge in [-0.15, -0.1) is 0 Å². The van der Waals surface area contributed by atoms with Crippen LogP contribution in [-0.2, 0) is 0 Å². The van der Waals surface area contributed by atoms with E-state index in [0.717, 1.165) is 22.5 Å². The highest BCUT2D eigenvalue weighted by Crippen LogP contribution is 2.28. The highest BCUT2D eigenvalue weighted by molar-refractivity contribution is 5.87. The summed E-state index contributed by atoms with van der Waals surface area (Å²) in [6.07, 6.45) is 0. The SMILES string of the molecule is COc1cc2c(OC)cccc2[nH]1. The Kier molecular flexibility index (Phi) is 1.85. The number of H-pyrrole nitrogens is 1. The van der Waals surface area contributed by atoms with Crippen molar-refractivity contribution in [3.8, 4) is 11.6 Å². The predicted octanol–water partition coefficient (Wildman–Crippen LogP) is 2.19. The molecule has 0 unspecified atom stereocenters. The lowest BCUT2D eigenvalue weighted by molar-refractivity contribution is 0.401. The molecule has 0 aliphatic rings. The first-order chi connectivity index (χ1) is 6.35. The van der Waals surface area contributed by atoms with Crippen molar-refractivity contribution in [2.45, 2.75) is 0 Å². The van der Waals surface area contributed by atoms with Gasteiger partial charge in [0.2, 0.25) is 0 Å². The number of ether oxygens (including phenoxy) is 2. The van der Waals surface area contributed by atoms with Gasteiger partial charge in [-0.05, 0) is 12.1 Å². The Hall–Kier alpha value is -1.64. The molecule has 1 aromatic heterocycles. The molecule has 0 radical (unpaired) electrons. The van der Waals surface area contributed by atoms with E-state index in [0.29, 0.717) is 0 Å². The van der Waals surface area contributed by atoms with Crippen molar-refractivity contribution in [1.82, 2.24) is 4.98 Å². The van der Waals surface area contributed by atoms with Crippen LogP contribution in [0.1, 0.15) is 0 Å². The fourth-order valence-corrected chi connectivity index (χ4v) is 1.39. The summed E-state index contributed by atoms with van der Waals surface area (Å²) in [6.45, 7) is 0. The summed E-state index contributed by atoms with van der Waals surface area (Å²) in [4.78, 5) is 3.12. The minimum atomic E-state index is 0.750. The summed E-state index contributed by atoms with van der Waals surface area (Å²) in [5, 5.41) is 1.04. The van der Waals surface area contributed by atoms with Crippen LogP contribution in [0.5, 0.6) is 11.6 Å². The molecule has 3 nitrogen and oxygen atoms in total. The van der Waals surface area contributed by atoms with Gasteiger partial charge in [0.25, 0.3) is 0 Å². The Morgan fingerprint density at radius 3 is 2.69 bits per heavy atom. The van der Waals surface area contributed by atoms with Gasteiger partial charge >= 0.3 is 0 Å². The average molecular weight is 177 g/mol. The van der Waals surface area contributed by atoms with Crippen LogP contribution in [0.2, 0.25) is 0 Å². The van der Waals surface area contributed by atoms with Gasteiger partial charge in [0.15, 0.2) is 5.88 Å². The molecule has 2 rings (SSSR count). The maximum atomic E-state index is 5.21. The minimum absolute atomic E-state index is 0.750. The molecule has 1 heterocycles. The molecule has 1 aromatic carbocycles. The quantitative estimate of drug-likeness (QED) is 0.762. The Bertz CT molecular complexity index is 420. The molecule has 68 valence electrons. The van der Waals surface area contributed by atoms with Crippen molar-refractivity contribution < 1.29 is 9.47 Å². The molecule has 0 spiro atoms. The number of aromatic nitrogens is 1. The van der Waals surface area contributed by atoms with Gasteiger partial charge in [0, 0.05) is 11.5 Å². The maximum absolute atomic E-state index is 5.21. The monoisotopic (exact) mass is 177 g/mol. The zero-order valence-corrected chi connectivity index (χ0v) is 7.63.